The Balaban J connectivity index is 1.49. The number of thiophene rings is 1. The van der Waals surface area contributed by atoms with Gasteiger partial charge in [0, 0.05) is 18.8 Å². The Hall–Kier alpha value is -3.46. The van der Waals surface area contributed by atoms with E-state index >= 15 is 0 Å². The summed E-state index contributed by atoms with van der Waals surface area (Å²) in [5, 5.41) is 7.20. The van der Waals surface area contributed by atoms with Gasteiger partial charge < -0.3 is 4.90 Å². The summed E-state index contributed by atoms with van der Waals surface area (Å²) in [6, 6.07) is 10.9. The van der Waals surface area contributed by atoms with Crippen molar-refractivity contribution < 1.29 is 9.59 Å². The van der Waals surface area contributed by atoms with Crippen LogP contribution in [-0.2, 0) is 0 Å². The van der Waals surface area contributed by atoms with Crippen LogP contribution in [0.25, 0.3) is 5.69 Å². The summed E-state index contributed by atoms with van der Waals surface area (Å²) in [7, 11) is 0. The normalized spacial score (nSPS) is 14.1. The van der Waals surface area contributed by atoms with Crippen molar-refractivity contribution in [2.45, 2.75) is 33.6 Å². The number of rotatable bonds is 5. The number of nitrogens with zero attached hydrogens (tertiary/aromatic N) is 3. The number of carbonyl (C=O) groups excluding carboxylic acids is 2. The molecule has 2 N–H and O–H groups in total. The van der Waals surface area contributed by atoms with Crippen LogP contribution in [0.5, 0.6) is 0 Å². The van der Waals surface area contributed by atoms with Crippen LogP contribution in [0.15, 0.2) is 46.3 Å². The van der Waals surface area contributed by atoms with Crippen molar-refractivity contribution in [1.29, 1.82) is 0 Å². The standard InChI is InChI=1S/C23H25N5O3S/c1-14-6-8-17(9-7-14)28-23(31)20(16(3)26-28)15(2)24-25-21(29)18-10-11-19(32-18)22(30)27-12-4-5-13-27/h6-11,26H,4-5,12-13H2,1-3H3,(H,25,29)/b24-15+. The van der Waals surface area contributed by atoms with Crippen LogP contribution in [0, 0.1) is 13.8 Å². The molecule has 0 radical (unpaired) electrons. The molecule has 1 fully saturated rings. The second-order valence-electron chi connectivity index (χ2n) is 7.89. The fraction of sp³-hybridized carbons (Fsp3) is 0.304. The van der Waals surface area contributed by atoms with Gasteiger partial charge in [0.15, 0.2) is 0 Å². The molecule has 0 saturated carbocycles. The van der Waals surface area contributed by atoms with Crippen LogP contribution in [0.2, 0.25) is 0 Å². The summed E-state index contributed by atoms with van der Waals surface area (Å²) in [5.74, 6) is -0.451. The molecule has 0 spiro atoms. The summed E-state index contributed by atoms with van der Waals surface area (Å²) in [6.07, 6.45) is 2.03. The zero-order valence-electron chi connectivity index (χ0n) is 18.3. The monoisotopic (exact) mass is 451 g/mol. The Kier molecular flexibility index (Phi) is 6.09. The van der Waals surface area contributed by atoms with Crippen molar-refractivity contribution in [1.82, 2.24) is 20.1 Å². The summed E-state index contributed by atoms with van der Waals surface area (Å²) >= 11 is 1.15. The van der Waals surface area contributed by atoms with E-state index in [1.165, 1.54) is 4.68 Å². The highest BCUT2D eigenvalue weighted by Gasteiger charge is 2.22. The van der Waals surface area contributed by atoms with E-state index in [9.17, 15) is 14.4 Å². The van der Waals surface area contributed by atoms with E-state index in [2.05, 4.69) is 15.6 Å². The number of hydrogen-bond donors (Lipinski definition) is 2. The first kappa shape index (κ1) is 21.8. The van der Waals surface area contributed by atoms with E-state index < -0.39 is 5.91 Å². The van der Waals surface area contributed by atoms with Gasteiger partial charge in [-0.15, -0.1) is 11.3 Å². The van der Waals surface area contributed by atoms with Crippen LogP contribution < -0.4 is 11.0 Å². The molecular weight excluding hydrogens is 426 g/mol. The predicted octanol–water partition coefficient (Wildman–Crippen LogP) is 3.23. The third-order valence-electron chi connectivity index (χ3n) is 5.48. The van der Waals surface area contributed by atoms with Crippen LogP contribution in [0.3, 0.4) is 0 Å². The number of aromatic nitrogens is 2. The molecule has 32 heavy (non-hydrogen) atoms. The topological polar surface area (TPSA) is 99.6 Å². The third kappa shape index (κ3) is 4.29. The molecule has 0 aliphatic carbocycles. The highest BCUT2D eigenvalue weighted by atomic mass is 32.1. The van der Waals surface area contributed by atoms with Crippen LogP contribution >= 0.6 is 11.3 Å². The van der Waals surface area contributed by atoms with Gasteiger partial charge in [-0.1, -0.05) is 17.7 Å². The van der Waals surface area contributed by atoms with Crippen LogP contribution in [0.1, 0.15) is 55.9 Å². The Morgan fingerprint density at radius 3 is 2.38 bits per heavy atom. The van der Waals surface area contributed by atoms with Gasteiger partial charge in [0.2, 0.25) is 0 Å². The Morgan fingerprint density at radius 2 is 1.69 bits per heavy atom. The number of likely N-dealkylation sites (tertiary alicyclic amines) is 1. The van der Waals surface area contributed by atoms with Crippen LogP contribution in [0.4, 0.5) is 0 Å². The minimum absolute atomic E-state index is 0.0363. The number of hydrazone groups is 1. The van der Waals surface area contributed by atoms with Crippen LogP contribution in [-0.4, -0.2) is 45.3 Å². The molecule has 1 saturated heterocycles. The quantitative estimate of drug-likeness (QED) is 0.460. The number of nitrogens with one attached hydrogen (secondary N) is 2. The lowest BCUT2D eigenvalue weighted by molar-refractivity contribution is 0.0797. The zero-order valence-corrected chi connectivity index (χ0v) is 19.1. The highest BCUT2D eigenvalue weighted by molar-refractivity contribution is 7.15. The van der Waals surface area contributed by atoms with Gasteiger partial charge in [-0.3, -0.25) is 19.5 Å². The zero-order chi connectivity index (χ0) is 22.8. The van der Waals surface area contributed by atoms with Gasteiger partial charge in [-0.05, 0) is 57.9 Å². The second kappa shape index (κ2) is 8.96. The van der Waals surface area contributed by atoms with Gasteiger partial charge in [0.1, 0.15) is 0 Å². The summed E-state index contributed by atoms with van der Waals surface area (Å²) in [5.41, 5.74) is 5.54. The minimum Gasteiger partial charge on any atom is -0.338 e. The van der Waals surface area contributed by atoms with Crippen molar-refractivity contribution in [3.63, 3.8) is 0 Å². The number of H-pyrrole nitrogens is 1. The van der Waals surface area contributed by atoms with E-state index in [1.807, 2.05) is 36.1 Å². The predicted molar refractivity (Wildman–Crippen MR) is 125 cm³/mol. The maximum Gasteiger partial charge on any atom is 0.281 e. The number of carbonyl (C=O) groups is 2. The Bertz CT molecular complexity index is 1240. The molecule has 3 aromatic rings. The van der Waals surface area contributed by atoms with Crippen molar-refractivity contribution in [2.24, 2.45) is 5.10 Å². The van der Waals surface area contributed by atoms with E-state index in [0.717, 1.165) is 48.5 Å². The largest absolute Gasteiger partial charge is 0.338 e. The molecule has 0 bridgehead atoms. The number of aromatic amines is 1. The first-order chi connectivity index (χ1) is 15.3. The molecular formula is C23H25N5O3S. The average Bonchev–Trinajstić information content (AvgIpc) is 3.53. The van der Waals surface area contributed by atoms with E-state index in [1.54, 1.807) is 26.0 Å². The molecule has 1 aliphatic heterocycles. The summed E-state index contributed by atoms with van der Waals surface area (Å²) in [4.78, 5) is 40.7. The van der Waals surface area contributed by atoms with Gasteiger partial charge in [0.25, 0.3) is 17.4 Å². The smallest absolute Gasteiger partial charge is 0.281 e. The summed E-state index contributed by atoms with van der Waals surface area (Å²) in [6.45, 7) is 6.97. The second-order valence-corrected chi connectivity index (χ2v) is 8.97. The van der Waals surface area contributed by atoms with Gasteiger partial charge >= 0.3 is 0 Å². The maximum atomic E-state index is 12.9. The molecule has 166 valence electrons. The van der Waals surface area contributed by atoms with Crippen molar-refractivity contribution in [3.8, 4) is 5.69 Å². The fourth-order valence-electron chi connectivity index (χ4n) is 3.74. The lowest BCUT2D eigenvalue weighted by Gasteiger charge is -2.13. The molecule has 3 heterocycles. The molecule has 0 unspecified atom stereocenters. The minimum atomic E-state index is -0.415. The Labute approximate surface area is 189 Å². The molecule has 0 atom stereocenters. The molecule has 1 aromatic carbocycles. The molecule has 1 aliphatic rings. The SMILES string of the molecule is C/C(=N\NC(=O)c1ccc(C(=O)N2CCCC2)s1)c1c(C)[nH]n(-c2ccc(C)cc2)c1=O. The summed E-state index contributed by atoms with van der Waals surface area (Å²) < 4.78 is 1.46. The van der Waals surface area contributed by atoms with Crippen molar-refractivity contribution in [3.05, 3.63) is 73.3 Å². The van der Waals surface area contributed by atoms with E-state index in [4.69, 9.17) is 0 Å². The molecule has 9 heteroatoms. The van der Waals surface area contributed by atoms with Crippen molar-refractivity contribution >= 4 is 28.9 Å². The van der Waals surface area contributed by atoms with E-state index in [0.29, 0.717) is 26.7 Å². The maximum absolute atomic E-state index is 12.9. The first-order valence-electron chi connectivity index (χ1n) is 10.5. The molecule has 4 rings (SSSR count). The lowest BCUT2D eigenvalue weighted by atomic mass is 10.2. The third-order valence-corrected chi connectivity index (χ3v) is 6.56. The first-order valence-corrected chi connectivity index (χ1v) is 11.3. The van der Waals surface area contributed by atoms with Gasteiger partial charge in [-0.25, -0.2) is 10.1 Å². The number of benzene rings is 1. The Morgan fingerprint density at radius 1 is 1.03 bits per heavy atom. The molecule has 8 nitrogen and oxygen atoms in total. The highest BCUT2D eigenvalue weighted by Crippen LogP contribution is 2.21. The number of amides is 2. The van der Waals surface area contributed by atoms with E-state index in [-0.39, 0.29) is 11.5 Å². The molecule has 2 amide bonds. The molecule has 2 aromatic heterocycles. The lowest BCUT2D eigenvalue weighted by Crippen LogP contribution is -2.26. The van der Waals surface area contributed by atoms with Gasteiger partial charge in [-0.2, -0.15) is 5.10 Å². The van der Waals surface area contributed by atoms with Gasteiger partial charge in [0.05, 0.1) is 26.7 Å². The average molecular weight is 452 g/mol. The number of hydrogen-bond acceptors (Lipinski definition) is 5. The van der Waals surface area contributed by atoms with Crippen molar-refractivity contribution in [2.75, 3.05) is 13.1 Å². The fourth-order valence-corrected chi connectivity index (χ4v) is 4.61. The number of aryl methyl sites for hydroxylation is 2.